The molecule has 0 saturated carbocycles. The second kappa shape index (κ2) is 12.9. The molecule has 3 nitrogen and oxygen atoms in total. The van der Waals surface area contributed by atoms with E-state index in [1.54, 1.807) is 0 Å². The van der Waals surface area contributed by atoms with Crippen molar-refractivity contribution in [3.05, 3.63) is 0 Å². The van der Waals surface area contributed by atoms with Gasteiger partial charge >= 0.3 is 0 Å². The summed E-state index contributed by atoms with van der Waals surface area (Å²) in [6.45, 7) is 5.03. The van der Waals surface area contributed by atoms with Crippen molar-refractivity contribution in [3.63, 3.8) is 0 Å². The number of carbonyl (C=O) groups is 1. The van der Waals surface area contributed by atoms with E-state index >= 15 is 0 Å². The minimum absolute atomic E-state index is 0.187. The molecule has 0 aliphatic carbocycles. The van der Waals surface area contributed by atoms with E-state index < -0.39 is 0 Å². The smallest absolute Gasteiger partial charge is 0.219 e. The molecule has 3 heteroatoms. The van der Waals surface area contributed by atoms with Gasteiger partial charge in [0.05, 0.1) is 0 Å². The quantitative estimate of drug-likeness (QED) is 0.526. The Morgan fingerprint density at radius 2 is 1.67 bits per heavy atom. The monoisotopic (exact) mass is 256 g/mol. The standard InChI is InChI=1S/C15H32N2O/c1-3-5-6-7-8-9-10-11-15(18)17-13-12-14(16)4-2/h14H,3-13,16H2,1-2H3,(H,17,18). The Labute approximate surface area is 113 Å². The first-order valence-electron chi connectivity index (χ1n) is 7.73. The first kappa shape index (κ1) is 17.4. The minimum atomic E-state index is 0.187. The van der Waals surface area contributed by atoms with Gasteiger partial charge in [0.25, 0.3) is 0 Å². The number of carbonyl (C=O) groups excluding carboxylic acids is 1. The normalized spacial score (nSPS) is 12.4. The van der Waals surface area contributed by atoms with E-state index in [4.69, 9.17) is 5.73 Å². The molecule has 3 N–H and O–H groups in total. The predicted octanol–water partition coefficient (Wildman–Crippen LogP) is 3.37. The van der Waals surface area contributed by atoms with Crippen molar-refractivity contribution in [1.29, 1.82) is 0 Å². The van der Waals surface area contributed by atoms with E-state index in [-0.39, 0.29) is 11.9 Å². The lowest BCUT2D eigenvalue weighted by Gasteiger charge is -2.09. The molecule has 0 saturated heterocycles. The van der Waals surface area contributed by atoms with Crippen LogP contribution in [0.3, 0.4) is 0 Å². The highest BCUT2D eigenvalue weighted by molar-refractivity contribution is 5.75. The Bertz CT molecular complexity index is 195. The maximum absolute atomic E-state index is 11.5. The molecule has 0 aliphatic heterocycles. The fraction of sp³-hybridized carbons (Fsp3) is 0.933. The first-order valence-corrected chi connectivity index (χ1v) is 7.73. The van der Waals surface area contributed by atoms with Crippen molar-refractivity contribution < 1.29 is 4.79 Å². The topological polar surface area (TPSA) is 55.1 Å². The second-order valence-corrected chi connectivity index (χ2v) is 5.18. The summed E-state index contributed by atoms with van der Waals surface area (Å²) in [7, 11) is 0. The minimum Gasteiger partial charge on any atom is -0.356 e. The van der Waals surface area contributed by atoms with Crippen LogP contribution in [0.1, 0.15) is 78.1 Å². The van der Waals surface area contributed by atoms with Crippen LogP contribution >= 0.6 is 0 Å². The number of hydrogen-bond acceptors (Lipinski definition) is 2. The average molecular weight is 256 g/mol. The summed E-state index contributed by atoms with van der Waals surface area (Å²) in [6, 6.07) is 0.226. The lowest BCUT2D eigenvalue weighted by atomic mass is 10.1. The highest BCUT2D eigenvalue weighted by Gasteiger charge is 2.02. The first-order chi connectivity index (χ1) is 8.70. The largest absolute Gasteiger partial charge is 0.356 e. The van der Waals surface area contributed by atoms with E-state index in [0.29, 0.717) is 6.42 Å². The van der Waals surface area contributed by atoms with Crippen LogP contribution in [0.15, 0.2) is 0 Å². The summed E-state index contributed by atoms with van der Waals surface area (Å²) < 4.78 is 0. The van der Waals surface area contributed by atoms with E-state index in [2.05, 4.69) is 19.2 Å². The van der Waals surface area contributed by atoms with E-state index in [1.165, 1.54) is 38.5 Å². The molecule has 0 aliphatic rings. The van der Waals surface area contributed by atoms with Crippen LogP contribution in [0.2, 0.25) is 0 Å². The van der Waals surface area contributed by atoms with Gasteiger partial charge in [0.2, 0.25) is 5.91 Å². The number of nitrogens with two attached hydrogens (primary N) is 1. The molecule has 0 spiro atoms. The molecule has 18 heavy (non-hydrogen) atoms. The molecule has 1 atom stereocenters. The Balaban J connectivity index is 3.22. The summed E-state index contributed by atoms with van der Waals surface area (Å²) >= 11 is 0. The summed E-state index contributed by atoms with van der Waals surface area (Å²) in [4.78, 5) is 11.5. The molecular weight excluding hydrogens is 224 g/mol. The van der Waals surface area contributed by atoms with Crippen LogP contribution in [0.25, 0.3) is 0 Å². The summed E-state index contributed by atoms with van der Waals surface area (Å²) in [6.07, 6.45) is 11.3. The van der Waals surface area contributed by atoms with Crippen molar-refractivity contribution in [3.8, 4) is 0 Å². The summed E-state index contributed by atoms with van der Waals surface area (Å²) in [5.41, 5.74) is 5.79. The highest BCUT2D eigenvalue weighted by atomic mass is 16.1. The molecule has 0 aromatic carbocycles. The molecule has 0 heterocycles. The number of rotatable bonds is 12. The molecule has 0 bridgehead atoms. The van der Waals surface area contributed by atoms with Crippen LogP contribution in [0.5, 0.6) is 0 Å². The van der Waals surface area contributed by atoms with E-state index in [1.807, 2.05) is 0 Å². The van der Waals surface area contributed by atoms with Gasteiger partial charge in [-0.1, -0.05) is 52.4 Å². The second-order valence-electron chi connectivity index (χ2n) is 5.18. The molecule has 0 rings (SSSR count). The van der Waals surface area contributed by atoms with Gasteiger partial charge in [-0.25, -0.2) is 0 Å². The van der Waals surface area contributed by atoms with Crippen molar-refractivity contribution in [2.75, 3.05) is 6.54 Å². The zero-order valence-corrected chi connectivity index (χ0v) is 12.3. The molecule has 0 radical (unpaired) electrons. The summed E-state index contributed by atoms with van der Waals surface area (Å²) in [5, 5.41) is 2.94. The van der Waals surface area contributed by atoms with Crippen LogP contribution in [0.4, 0.5) is 0 Å². The lowest BCUT2D eigenvalue weighted by Crippen LogP contribution is -2.29. The third kappa shape index (κ3) is 11.9. The molecule has 0 aromatic rings. The summed E-state index contributed by atoms with van der Waals surface area (Å²) in [5.74, 6) is 0.187. The van der Waals surface area contributed by atoms with Crippen LogP contribution in [-0.2, 0) is 4.79 Å². The number of nitrogens with one attached hydrogen (secondary N) is 1. The van der Waals surface area contributed by atoms with E-state index in [9.17, 15) is 4.79 Å². The Kier molecular flexibility index (Phi) is 12.5. The fourth-order valence-electron chi connectivity index (χ4n) is 1.93. The zero-order chi connectivity index (χ0) is 13.6. The van der Waals surface area contributed by atoms with Gasteiger partial charge in [-0.3, -0.25) is 4.79 Å². The number of unbranched alkanes of at least 4 members (excludes halogenated alkanes) is 6. The predicted molar refractivity (Wildman–Crippen MR) is 78.5 cm³/mol. The third-order valence-electron chi connectivity index (χ3n) is 3.37. The lowest BCUT2D eigenvalue weighted by molar-refractivity contribution is -0.121. The van der Waals surface area contributed by atoms with Crippen molar-refractivity contribution in [2.24, 2.45) is 5.73 Å². The fourth-order valence-corrected chi connectivity index (χ4v) is 1.93. The van der Waals surface area contributed by atoms with Crippen LogP contribution < -0.4 is 11.1 Å². The third-order valence-corrected chi connectivity index (χ3v) is 3.37. The van der Waals surface area contributed by atoms with Gasteiger partial charge in [-0.15, -0.1) is 0 Å². The van der Waals surface area contributed by atoms with Gasteiger partial charge in [-0.05, 0) is 19.3 Å². The van der Waals surface area contributed by atoms with Gasteiger partial charge < -0.3 is 11.1 Å². The molecule has 1 unspecified atom stereocenters. The number of amides is 1. The van der Waals surface area contributed by atoms with Crippen molar-refractivity contribution in [2.45, 2.75) is 84.1 Å². The van der Waals surface area contributed by atoms with E-state index in [0.717, 1.165) is 25.8 Å². The molecule has 0 fully saturated rings. The molecule has 108 valence electrons. The molecule has 0 aromatic heterocycles. The van der Waals surface area contributed by atoms with Gasteiger partial charge in [0.1, 0.15) is 0 Å². The Morgan fingerprint density at radius 1 is 1.06 bits per heavy atom. The van der Waals surface area contributed by atoms with Crippen LogP contribution in [-0.4, -0.2) is 18.5 Å². The van der Waals surface area contributed by atoms with Gasteiger partial charge in [0.15, 0.2) is 0 Å². The maximum Gasteiger partial charge on any atom is 0.219 e. The Hall–Kier alpha value is -0.570. The number of hydrogen-bond donors (Lipinski definition) is 2. The van der Waals surface area contributed by atoms with Crippen molar-refractivity contribution >= 4 is 5.91 Å². The maximum atomic E-state index is 11.5. The molecular formula is C15H32N2O. The van der Waals surface area contributed by atoms with Crippen LogP contribution in [0, 0.1) is 0 Å². The van der Waals surface area contributed by atoms with Crippen molar-refractivity contribution in [1.82, 2.24) is 5.32 Å². The van der Waals surface area contributed by atoms with Gasteiger partial charge in [-0.2, -0.15) is 0 Å². The SMILES string of the molecule is CCCCCCCCCC(=O)NCCC(N)CC. The van der Waals surface area contributed by atoms with Gasteiger partial charge in [0, 0.05) is 19.0 Å². The zero-order valence-electron chi connectivity index (χ0n) is 12.3. The molecule has 1 amide bonds. The average Bonchev–Trinajstić information content (AvgIpc) is 2.37. The Morgan fingerprint density at radius 3 is 2.28 bits per heavy atom. The highest BCUT2D eigenvalue weighted by Crippen LogP contribution is 2.08.